The molecule has 0 N–H and O–H groups in total. The van der Waals surface area contributed by atoms with Gasteiger partial charge in [-0.25, -0.2) is 9.78 Å². The Labute approximate surface area is 257 Å². The van der Waals surface area contributed by atoms with Gasteiger partial charge in [0.2, 0.25) is 0 Å². The molecule has 1 unspecified atom stereocenters. The van der Waals surface area contributed by atoms with E-state index in [0.29, 0.717) is 56.1 Å². The first kappa shape index (κ1) is 27.7. The molecule has 0 spiro atoms. The zero-order valence-electron chi connectivity index (χ0n) is 24.6. The van der Waals surface area contributed by atoms with Crippen molar-refractivity contribution in [2.75, 3.05) is 21.3 Å². The minimum absolute atomic E-state index is 0.260. The summed E-state index contributed by atoms with van der Waals surface area (Å²) in [6.45, 7) is 0. The van der Waals surface area contributed by atoms with E-state index < -0.39 is 4.59 Å². The summed E-state index contributed by atoms with van der Waals surface area (Å²) in [7, 11) is 4.77. The van der Waals surface area contributed by atoms with Gasteiger partial charge >= 0.3 is 5.91 Å². The largest absolute Gasteiger partial charge is 0.493 e. The summed E-state index contributed by atoms with van der Waals surface area (Å²) in [4.78, 5) is 40.8. The van der Waals surface area contributed by atoms with E-state index in [1.165, 1.54) is 18.9 Å². The number of rotatable bonds is 6. The topological polar surface area (TPSA) is 121 Å². The third-order valence-electron chi connectivity index (χ3n) is 7.85. The van der Waals surface area contributed by atoms with E-state index in [1.54, 1.807) is 80.5 Å². The summed E-state index contributed by atoms with van der Waals surface area (Å²) < 4.78 is 12.0. The SMILES string of the molecule is COc1cc2c(cc1OC)C(c1ccnc(-n3nc(-c4cccnc4)c4ccccc4c3=O)c1)=N[N+](C)(c1ccncc1)C2=O. The van der Waals surface area contributed by atoms with E-state index >= 15 is 0 Å². The normalized spacial score (nSPS) is 15.8. The second-order valence-electron chi connectivity index (χ2n) is 10.4. The first-order valence-electron chi connectivity index (χ1n) is 14.0. The fourth-order valence-electron chi connectivity index (χ4n) is 5.55. The van der Waals surface area contributed by atoms with Crippen LogP contribution in [-0.4, -0.2) is 57.6 Å². The number of carbonyl (C=O) groups is 1. The molecule has 1 amide bonds. The van der Waals surface area contributed by atoms with Crippen molar-refractivity contribution in [3.63, 3.8) is 0 Å². The number of amides is 1. The summed E-state index contributed by atoms with van der Waals surface area (Å²) in [6.07, 6.45) is 8.22. The van der Waals surface area contributed by atoms with Crippen LogP contribution >= 0.6 is 0 Å². The fraction of sp³-hybridized carbons (Fsp3) is 0.0882. The molecule has 0 saturated heterocycles. The zero-order chi connectivity index (χ0) is 31.1. The molecule has 0 fully saturated rings. The van der Waals surface area contributed by atoms with Crippen LogP contribution < -0.4 is 19.6 Å². The summed E-state index contributed by atoms with van der Waals surface area (Å²) in [5, 5.41) is 11.0. The van der Waals surface area contributed by atoms with E-state index in [0.717, 1.165) is 5.56 Å². The van der Waals surface area contributed by atoms with Crippen molar-refractivity contribution in [1.82, 2.24) is 29.3 Å². The number of carbonyl (C=O) groups excluding carboxylic acids is 1. The standard InChI is InChI=1S/C34H26N7O4/c1-41(23-11-14-35-15-12-23)34(43)27-19-29(45-3)28(44-2)18-26(27)32(39-41)21-10-16-37-30(17-21)40-33(42)25-9-5-4-8-24(25)31(38-40)22-7-6-13-36-20-22/h4-20H,1-3H3/q+1. The van der Waals surface area contributed by atoms with Gasteiger partial charge in [-0.1, -0.05) is 23.3 Å². The molecule has 1 atom stereocenters. The molecule has 0 saturated carbocycles. The van der Waals surface area contributed by atoms with Crippen LogP contribution in [0, 0.1) is 0 Å². The lowest BCUT2D eigenvalue weighted by atomic mass is 9.94. The predicted octanol–water partition coefficient (Wildman–Crippen LogP) is 4.80. The molecule has 5 heterocycles. The van der Waals surface area contributed by atoms with Gasteiger partial charge in [0.05, 0.1) is 25.2 Å². The van der Waals surface area contributed by atoms with Gasteiger partial charge in [-0.05, 0) is 36.4 Å². The number of fused-ring (bicyclic) bond motifs is 2. The van der Waals surface area contributed by atoms with Crippen LogP contribution in [0.25, 0.3) is 27.8 Å². The van der Waals surface area contributed by atoms with Crippen LogP contribution in [0.15, 0.2) is 114 Å². The Hall–Kier alpha value is -6.07. The first-order valence-corrected chi connectivity index (χ1v) is 14.0. The Balaban J connectivity index is 1.47. The highest BCUT2D eigenvalue weighted by Crippen LogP contribution is 2.38. The second-order valence-corrected chi connectivity index (χ2v) is 10.4. The molecule has 1 aliphatic rings. The van der Waals surface area contributed by atoms with Gasteiger partial charge in [0.1, 0.15) is 18.5 Å². The molecular weight excluding hydrogens is 570 g/mol. The average Bonchev–Trinajstić information content (AvgIpc) is 3.10. The van der Waals surface area contributed by atoms with Gasteiger partial charge in [-0.2, -0.15) is 9.78 Å². The Bertz CT molecular complexity index is 2200. The number of quaternary nitrogens is 1. The molecule has 220 valence electrons. The second kappa shape index (κ2) is 10.9. The lowest BCUT2D eigenvalue weighted by molar-refractivity contribution is 0.0799. The third kappa shape index (κ3) is 4.53. The lowest BCUT2D eigenvalue weighted by Gasteiger charge is -2.30. The quantitative estimate of drug-likeness (QED) is 0.252. The van der Waals surface area contributed by atoms with Crippen molar-refractivity contribution < 1.29 is 14.3 Å². The molecule has 1 aliphatic heterocycles. The number of pyridine rings is 3. The smallest absolute Gasteiger partial charge is 0.377 e. The number of nitrogens with zero attached hydrogens (tertiary/aromatic N) is 7. The van der Waals surface area contributed by atoms with Crippen molar-refractivity contribution in [3.8, 4) is 28.6 Å². The summed E-state index contributed by atoms with van der Waals surface area (Å²) in [5.74, 6) is 0.883. The summed E-state index contributed by atoms with van der Waals surface area (Å²) >= 11 is 0. The number of aromatic nitrogens is 5. The maximum atomic E-state index is 14.1. The predicted molar refractivity (Wildman–Crippen MR) is 170 cm³/mol. The third-order valence-corrected chi connectivity index (χ3v) is 7.85. The van der Waals surface area contributed by atoms with E-state index in [1.807, 2.05) is 30.3 Å². The van der Waals surface area contributed by atoms with Crippen LogP contribution in [0.3, 0.4) is 0 Å². The molecule has 6 aromatic rings. The average molecular weight is 597 g/mol. The van der Waals surface area contributed by atoms with Crippen molar-refractivity contribution in [3.05, 3.63) is 131 Å². The van der Waals surface area contributed by atoms with E-state index in [9.17, 15) is 9.59 Å². The van der Waals surface area contributed by atoms with Crippen LogP contribution in [-0.2, 0) is 0 Å². The van der Waals surface area contributed by atoms with Crippen molar-refractivity contribution >= 4 is 28.1 Å². The van der Waals surface area contributed by atoms with Crippen molar-refractivity contribution in [2.24, 2.45) is 5.10 Å². The molecule has 7 rings (SSSR count). The number of hydrogen-bond acceptors (Lipinski definition) is 9. The monoisotopic (exact) mass is 596 g/mol. The molecular formula is C34H26N7O4+. The van der Waals surface area contributed by atoms with Crippen LogP contribution in [0.4, 0.5) is 5.69 Å². The maximum absolute atomic E-state index is 14.1. The molecule has 0 radical (unpaired) electrons. The number of hydrogen-bond donors (Lipinski definition) is 0. The minimum atomic E-state index is -0.405. The Morgan fingerprint density at radius 1 is 0.733 bits per heavy atom. The number of benzene rings is 2. The van der Waals surface area contributed by atoms with Gasteiger partial charge in [0.15, 0.2) is 23.0 Å². The van der Waals surface area contributed by atoms with Gasteiger partial charge in [-0.3, -0.25) is 14.8 Å². The van der Waals surface area contributed by atoms with Crippen LogP contribution in [0.2, 0.25) is 0 Å². The first-order chi connectivity index (χ1) is 21.9. The van der Waals surface area contributed by atoms with E-state index in [4.69, 9.17) is 19.7 Å². The summed E-state index contributed by atoms with van der Waals surface area (Å²) in [5.41, 5.74) is 3.71. The molecule has 4 aromatic heterocycles. The molecule has 2 aromatic carbocycles. The molecule has 45 heavy (non-hydrogen) atoms. The highest BCUT2D eigenvalue weighted by molar-refractivity contribution is 6.23. The highest BCUT2D eigenvalue weighted by atomic mass is 16.5. The van der Waals surface area contributed by atoms with Crippen LogP contribution in [0.1, 0.15) is 21.5 Å². The highest BCUT2D eigenvalue weighted by Gasteiger charge is 2.44. The Morgan fingerprint density at radius 3 is 2.18 bits per heavy atom. The fourth-order valence-corrected chi connectivity index (χ4v) is 5.55. The van der Waals surface area contributed by atoms with E-state index in [-0.39, 0.29) is 17.3 Å². The van der Waals surface area contributed by atoms with Gasteiger partial charge in [0, 0.05) is 71.3 Å². The molecule has 0 bridgehead atoms. The maximum Gasteiger partial charge on any atom is 0.377 e. The summed E-state index contributed by atoms with van der Waals surface area (Å²) in [6, 6.07) is 21.5. The van der Waals surface area contributed by atoms with Crippen molar-refractivity contribution in [2.45, 2.75) is 0 Å². The van der Waals surface area contributed by atoms with Crippen LogP contribution in [0.5, 0.6) is 11.5 Å². The van der Waals surface area contributed by atoms with Gasteiger partial charge in [0.25, 0.3) is 5.56 Å². The minimum Gasteiger partial charge on any atom is -0.493 e. The Morgan fingerprint density at radius 2 is 1.47 bits per heavy atom. The lowest BCUT2D eigenvalue weighted by Crippen LogP contribution is -2.49. The molecule has 11 heteroatoms. The zero-order valence-corrected chi connectivity index (χ0v) is 24.6. The van der Waals surface area contributed by atoms with Crippen molar-refractivity contribution in [1.29, 1.82) is 0 Å². The van der Waals surface area contributed by atoms with Gasteiger partial charge < -0.3 is 9.47 Å². The number of methoxy groups -OCH3 is 2. The Kier molecular flexibility index (Phi) is 6.71. The number of ether oxygens (including phenoxy) is 2. The molecule has 0 aliphatic carbocycles. The van der Waals surface area contributed by atoms with Gasteiger partial charge in [-0.15, -0.1) is 4.59 Å². The molecule has 11 nitrogen and oxygen atoms in total. The van der Waals surface area contributed by atoms with E-state index in [2.05, 4.69) is 15.0 Å².